The average Bonchev–Trinajstić information content (AvgIpc) is 2.37. The number of benzene rings is 1. The van der Waals surface area contributed by atoms with E-state index in [1.165, 1.54) is 0 Å². The Morgan fingerprint density at radius 3 is 2.85 bits per heavy atom. The number of hydrogen-bond donors (Lipinski definition) is 1. The van der Waals surface area contributed by atoms with Gasteiger partial charge < -0.3 is 10.1 Å². The van der Waals surface area contributed by atoms with Gasteiger partial charge in [0.05, 0.1) is 6.54 Å². The van der Waals surface area contributed by atoms with Crippen molar-refractivity contribution in [2.75, 3.05) is 6.54 Å². The van der Waals surface area contributed by atoms with E-state index in [-0.39, 0.29) is 12.5 Å². The minimum atomic E-state index is -0.441. The number of nitrogens with zero attached hydrogens (tertiary/aromatic N) is 1. The van der Waals surface area contributed by atoms with E-state index in [1.807, 2.05) is 51.2 Å². The molecule has 2 rings (SSSR count). The van der Waals surface area contributed by atoms with Gasteiger partial charge in [0.25, 0.3) is 0 Å². The molecule has 1 heterocycles. The largest absolute Gasteiger partial charge is 0.459 e. The first-order valence-electron chi connectivity index (χ1n) is 6.70. The van der Waals surface area contributed by atoms with E-state index in [1.54, 1.807) is 6.20 Å². The molecule has 0 atom stereocenters. The third-order valence-electron chi connectivity index (χ3n) is 2.78. The van der Waals surface area contributed by atoms with Gasteiger partial charge in [-0.3, -0.25) is 9.78 Å². The summed E-state index contributed by atoms with van der Waals surface area (Å²) in [5.41, 5.74) is 0.706. The maximum absolute atomic E-state index is 11.6. The highest BCUT2D eigenvalue weighted by molar-refractivity contribution is 5.84. The highest BCUT2D eigenvalue weighted by Crippen LogP contribution is 2.17. The number of rotatable bonds is 4. The molecular formula is C16H20N2O2. The Labute approximate surface area is 119 Å². The van der Waals surface area contributed by atoms with Gasteiger partial charge in [-0.05, 0) is 37.8 Å². The fourth-order valence-electron chi connectivity index (χ4n) is 2.02. The molecule has 0 radical (unpaired) electrons. The summed E-state index contributed by atoms with van der Waals surface area (Å²) in [5, 5.41) is 5.37. The number of carbonyl (C=O) groups excluding carboxylic acids is 1. The van der Waals surface area contributed by atoms with Gasteiger partial charge in [-0.25, -0.2) is 0 Å². The van der Waals surface area contributed by atoms with E-state index < -0.39 is 5.60 Å². The van der Waals surface area contributed by atoms with E-state index in [2.05, 4.69) is 10.3 Å². The number of fused-ring (bicyclic) bond motifs is 1. The molecule has 0 bridgehead atoms. The monoisotopic (exact) mass is 272 g/mol. The summed E-state index contributed by atoms with van der Waals surface area (Å²) < 4.78 is 5.25. The molecule has 1 aromatic heterocycles. The normalized spacial score (nSPS) is 11.6. The topological polar surface area (TPSA) is 51.2 Å². The predicted octanol–water partition coefficient (Wildman–Crippen LogP) is 2.67. The summed E-state index contributed by atoms with van der Waals surface area (Å²) in [6.45, 7) is 6.42. The number of ether oxygens (including phenoxy) is 1. The Kier molecular flexibility index (Phi) is 4.35. The van der Waals surface area contributed by atoms with Crippen molar-refractivity contribution in [1.29, 1.82) is 0 Å². The molecule has 0 aliphatic heterocycles. The molecule has 0 saturated heterocycles. The number of pyridine rings is 1. The molecule has 0 aliphatic rings. The zero-order valence-corrected chi connectivity index (χ0v) is 12.1. The van der Waals surface area contributed by atoms with Crippen LogP contribution in [0.15, 0.2) is 36.7 Å². The summed E-state index contributed by atoms with van der Waals surface area (Å²) in [4.78, 5) is 15.7. The van der Waals surface area contributed by atoms with Crippen LogP contribution in [-0.2, 0) is 16.1 Å². The molecular weight excluding hydrogens is 252 g/mol. The maximum atomic E-state index is 11.6. The van der Waals surface area contributed by atoms with E-state index in [4.69, 9.17) is 4.74 Å². The first kappa shape index (κ1) is 14.5. The van der Waals surface area contributed by atoms with Crippen LogP contribution in [0.5, 0.6) is 0 Å². The van der Waals surface area contributed by atoms with Gasteiger partial charge in [0.1, 0.15) is 5.60 Å². The van der Waals surface area contributed by atoms with Crippen LogP contribution < -0.4 is 5.32 Å². The Morgan fingerprint density at radius 2 is 2.10 bits per heavy atom. The molecule has 106 valence electrons. The highest BCUT2D eigenvalue weighted by Gasteiger charge is 2.15. The lowest BCUT2D eigenvalue weighted by Crippen LogP contribution is -2.31. The smallest absolute Gasteiger partial charge is 0.320 e. The van der Waals surface area contributed by atoms with Crippen LogP contribution >= 0.6 is 0 Å². The minimum absolute atomic E-state index is 0.207. The van der Waals surface area contributed by atoms with Crippen molar-refractivity contribution in [3.05, 3.63) is 42.2 Å². The van der Waals surface area contributed by atoms with Gasteiger partial charge >= 0.3 is 5.97 Å². The van der Waals surface area contributed by atoms with E-state index in [0.29, 0.717) is 6.54 Å². The number of aromatic nitrogens is 1. The van der Waals surface area contributed by atoms with E-state index in [9.17, 15) is 4.79 Å². The van der Waals surface area contributed by atoms with Gasteiger partial charge in [0.15, 0.2) is 0 Å². The van der Waals surface area contributed by atoms with Crippen LogP contribution in [0.2, 0.25) is 0 Å². The van der Waals surface area contributed by atoms with Crippen LogP contribution in [-0.4, -0.2) is 23.1 Å². The number of esters is 1. The van der Waals surface area contributed by atoms with Gasteiger partial charge in [-0.2, -0.15) is 0 Å². The van der Waals surface area contributed by atoms with Crippen molar-refractivity contribution in [2.24, 2.45) is 0 Å². The SMILES string of the molecule is CC(C)(C)OC(=O)CNCc1cccc2cnccc12. The van der Waals surface area contributed by atoms with Crippen molar-refractivity contribution in [3.63, 3.8) is 0 Å². The van der Waals surface area contributed by atoms with Crippen molar-refractivity contribution in [3.8, 4) is 0 Å². The third kappa shape index (κ3) is 4.03. The predicted molar refractivity (Wildman–Crippen MR) is 79.3 cm³/mol. The fraction of sp³-hybridized carbons (Fsp3) is 0.375. The Hall–Kier alpha value is -1.94. The molecule has 1 N–H and O–H groups in total. The zero-order chi connectivity index (χ0) is 14.6. The maximum Gasteiger partial charge on any atom is 0.320 e. The summed E-state index contributed by atoms with van der Waals surface area (Å²) in [7, 11) is 0. The van der Waals surface area contributed by atoms with Gasteiger partial charge in [-0.1, -0.05) is 18.2 Å². The molecule has 20 heavy (non-hydrogen) atoms. The Morgan fingerprint density at radius 1 is 1.30 bits per heavy atom. The number of hydrogen-bond acceptors (Lipinski definition) is 4. The lowest BCUT2D eigenvalue weighted by Gasteiger charge is -2.19. The summed E-state index contributed by atoms with van der Waals surface area (Å²) in [6.07, 6.45) is 3.62. The Bertz CT molecular complexity index is 597. The molecule has 0 amide bonds. The number of nitrogens with one attached hydrogen (secondary N) is 1. The molecule has 4 nitrogen and oxygen atoms in total. The molecule has 1 aromatic carbocycles. The van der Waals surface area contributed by atoms with Crippen LogP contribution in [0.4, 0.5) is 0 Å². The van der Waals surface area contributed by atoms with Crippen molar-refractivity contribution in [1.82, 2.24) is 10.3 Å². The van der Waals surface area contributed by atoms with E-state index >= 15 is 0 Å². The second-order valence-corrected chi connectivity index (χ2v) is 5.70. The minimum Gasteiger partial charge on any atom is -0.459 e. The molecule has 0 unspecified atom stereocenters. The third-order valence-corrected chi connectivity index (χ3v) is 2.78. The van der Waals surface area contributed by atoms with Crippen molar-refractivity contribution in [2.45, 2.75) is 32.9 Å². The van der Waals surface area contributed by atoms with Crippen LogP contribution in [0.3, 0.4) is 0 Å². The lowest BCUT2D eigenvalue weighted by molar-refractivity contribution is -0.153. The molecule has 2 aromatic rings. The molecule has 0 saturated carbocycles. The van der Waals surface area contributed by atoms with Crippen LogP contribution in [0.1, 0.15) is 26.3 Å². The van der Waals surface area contributed by atoms with Crippen LogP contribution in [0.25, 0.3) is 10.8 Å². The highest BCUT2D eigenvalue weighted by atomic mass is 16.6. The van der Waals surface area contributed by atoms with Crippen molar-refractivity contribution < 1.29 is 9.53 Å². The molecule has 0 fully saturated rings. The summed E-state index contributed by atoms with van der Waals surface area (Å²) >= 11 is 0. The average molecular weight is 272 g/mol. The van der Waals surface area contributed by atoms with Gasteiger partial charge in [0.2, 0.25) is 0 Å². The second kappa shape index (κ2) is 6.01. The Balaban J connectivity index is 1.95. The number of carbonyl (C=O) groups is 1. The lowest BCUT2D eigenvalue weighted by atomic mass is 10.1. The quantitative estimate of drug-likeness (QED) is 0.869. The zero-order valence-electron chi connectivity index (χ0n) is 12.1. The second-order valence-electron chi connectivity index (χ2n) is 5.70. The molecule has 0 aliphatic carbocycles. The fourth-order valence-corrected chi connectivity index (χ4v) is 2.02. The van der Waals surface area contributed by atoms with Crippen LogP contribution in [0, 0.1) is 0 Å². The van der Waals surface area contributed by atoms with Gasteiger partial charge in [-0.15, -0.1) is 0 Å². The molecule has 4 heteroatoms. The first-order valence-corrected chi connectivity index (χ1v) is 6.70. The molecule has 0 spiro atoms. The standard InChI is InChI=1S/C16H20N2O2/c1-16(2,3)20-15(19)11-18-10-13-6-4-5-12-9-17-8-7-14(12)13/h4-9,18H,10-11H2,1-3H3. The first-order chi connectivity index (χ1) is 9.46. The van der Waals surface area contributed by atoms with Crippen molar-refractivity contribution >= 4 is 16.7 Å². The van der Waals surface area contributed by atoms with E-state index in [0.717, 1.165) is 16.3 Å². The summed E-state index contributed by atoms with van der Waals surface area (Å²) in [5.74, 6) is -0.237. The summed E-state index contributed by atoms with van der Waals surface area (Å²) in [6, 6.07) is 8.05. The van der Waals surface area contributed by atoms with Gasteiger partial charge in [0, 0.05) is 24.3 Å².